The molecule has 0 aliphatic heterocycles. The molecule has 0 saturated carbocycles. The summed E-state index contributed by atoms with van der Waals surface area (Å²) in [5.74, 6) is -0.772. The molecule has 0 aliphatic carbocycles. The van der Waals surface area contributed by atoms with Gasteiger partial charge in [-0.3, -0.25) is 10.1 Å². The fourth-order valence-corrected chi connectivity index (χ4v) is 3.17. The highest BCUT2D eigenvalue weighted by atomic mass is 32.1. The lowest BCUT2D eigenvalue weighted by Gasteiger charge is -2.12. The number of nitrogens with two attached hydrogens (primary N) is 1. The van der Waals surface area contributed by atoms with Crippen molar-refractivity contribution in [3.05, 3.63) is 41.0 Å². The molecule has 1 heterocycles. The van der Waals surface area contributed by atoms with Crippen LogP contribution in [0.25, 0.3) is 0 Å². The van der Waals surface area contributed by atoms with E-state index in [4.69, 9.17) is 10.5 Å². The Labute approximate surface area is 173 Å². The van der Waals surface area contributed by atoms with Crippen molar-refractivity contribution in [2.75, 3.05) is 18.4 Å². The topological polar surface area (TPSA) is 118 Å². The van der Waals surface area contributed by atoms with Crippen molar-refractivity contribution in [2.24, 2.45) is 5.73 Å². The second kappa shape index (κ2) is 11.3. The lowest BCUT2D eigenvalue weighted by molar-refractivity contribution is 0.0996. The van der Waals surface area contributed by atoms with Crippen molar-refractivity contribution in [3.8, 4) is 5.88 Å². The van der Waals surface area contributed by atoms with E-state index in [9.17, 15) is 14.0 Å². The van der Waals surface area contributed by atoms with E-state index >= 15 is 0 Å². The first kappa shape index (κ1) is 22.6. The van der Waals surface area contributed by atoms with E-state index in [1.807, 2.05) is 0 Å². The van der Waals surface area contributed by atoms with Crippen molar-refractivity contribution in [1.82, 2.24) is 15.0 Å². The molecule has 0 radical (unpaired) electrons. The van der Waals surface area contributed by atoms with Crippen LogP contribution in [0.4, 0.5) is 14.2 Å². The first-order chi connectivity index (χ1) is 14.0. The maximum Gasteiger partial charge on any atom is 0.319 e. The molecule has 0 aliphatic rings. The zero-order chi connectivity index (χ0) is 21.2. The standard InChI is InChI=1S/C19H26FN5O3S/c1-3-12(2)22-8-9-23-19(27)24-18-15(16(21)26)17(25-29-18)28-11-14-7-5-4-6-13(14)10-20/h4-7,12,22H,3,8-11H2,1-2H3,(H2,21,26)(H2,23,24,27). The molecule has 0 saturated heterocycles. The van der Waals surface area contributed by atoms with Crippen LogP contribution in [-0.4, -0.2) is 35.4 Å². The lowest BCUT2D eigenvalue weighted by atomic mass is 10.1. The summed E-state index contributed by atoms with van der Waals surface area (Å²) in [5, 5.41) is 8.71. The largest absolute Gasteiger partial charge is 0.472 e. The Morgan fingerprint density at radius 2 is 2.00 bits per heavy atom. The molecule has 0 fully saturated rings. The predicted octanol–water partition coefficient (Wildman–Crippen LogP) is 2.80. The van der Waals surface area contributed by atoms with E-state index < -0.39 is 18.6 Å². The summed E-state index contributed by atoms with van der Waals surface area (Å²) in [5.41, 5.74) is 6.55. The van der Waals surface area contributed by atoms with Gasteiger partial charge in [-0.25, -0.2) is 9.18 Å². The Hall–Kier alpha value is -2.72. The molecule has 10 heteroatoms. The summed E-state index contributed by atoms with van der Waals surface area (Å²) < 4.78 is 22.7. The second-order valence-corrected chi connectivity index (χ2v) is 7.16. The Kier molecular flexibility index (Phi) is 8.81. The minimum Gasteiger partial charge on any atom is -0.472 e. The minimum atomic E-state index is -0.777. The molecule has 2 rings (SSSR count). The summed E-state index contributed by atoms with van der Waals surface area (Å²) in [4.78, 5) is 23.9. The number of hydrogen-bond donors (Lipinski definition) is 4. The molecular formula is C19H26FN5O3S. The highest BCUT2D eigenvalue weighted by Gasteiger charge is 2.22. The number of anilines is 1. The number of aromatic nitrogens is 1. The molecule has 2 aromatic rings. The van der Waals surface area contributed by atoms with Crippen LogP contribution in [-0.2, 0) is 13.3 Å². The SMILES string of the molecule is CCC(C)NCCNC(=O)Nc1snc(OCc2ccccc2CF)c1C(N)=O. The minimum absolute atomic E-state index is 0.00454. The van der Waals surface area contributed by atoms with E-state index in [0.29, 0.717) is 30.3 Å². The van der Waals surface area contributed by atoms with Gasteiger partial charge in [0.15, 0.2) is 0 Å². The molecule has 1 aromatic heterocycles. The highest BCUT2D eigenvalue weighted by Crippen LogP contribution is 2.31. The molecule has 1 atom stereocenters. The van der Waals surface area contributed by atoms with Gasteiger partial charge in [-0.05, 0) is 36.0 Å². The van der Waals surface area contributed by atoms with Crippen LogP contribution >= 0.6 is 11.5 Å². The number of carbonyl (C=O) groups excluding carboxylic acids is 2. The number of alkyl halides is 1. The summed E-state index contributed by atoms with van der Waals surface area (Å²) in [6, 6.07) is 6.77. The Bertz CT molecular complexity index is 830. The van der Waals surface area contributed by atoms with Crippen LogP contribution in [0.3, 0.4) is 0 Å². The van der Waals surface area contributed by atoms with Crippen molar-refractivity contribution in [3.63, 3.8) is 0 Å². The Morgan fingerprint density at radius 3 is 2.66 bits per heavy atom. The Morgan fingerprint density at radius 1 is 1.28 bits per heavy atom. The summed E-state index contributed by atoms with van der Waals surface area (Å²) in [6.07, 6.45) is 0.994. The average molecular weight is 424 g/mol. The van der Waals surface area contributed by atoms with Crippen LogP contribution in [0, 0.1) is 0 Å². The number of halogens is 1. The molecule has 0 spiro atoms. The van der Waals surface area contributed by atoms with Crippen LogP contribution in [0.15, 0.2) is 24.3 Å². The number of primary amides is 1. The summed E-state index contributed by atoms with van der Waals surface area (Å²) in [7, 11) is 0. The van der Waals surface area contributed by atoms with Gasteiger partial charge in [0.2, 0.25) is 5.88 Å². The molecule has 8 nitrogen and oxygen atoms in total. The second-order valence-electron chi connectivity index (χ2n) is 6.39. The number of ether oxygens (including phenoxy) is 1. The van der Waals surface area contributed by atoms with Crippen LogP contribution in [0.2, 0.25) is 0 Å². The van der Waals surface area contributed by atoms with Gasteiger partial charge in [0.25, 0.3) is 5.91 Å². The smallest absolute Gasteiger partial charge is 0.319 e. The number of benzene rings is 1. The molecule has 0 bridgehead atoms. The number of hydrogen-bond acceptors (Lipinski definition) is 6. The number of nitrogens with zero attached hydrogens (tertiary/aromatic N) is 1. The van der Waals surface area contributed by atoms with Gasteiger partial charge in [-0.2, -0.15) is 4.37 Å². The summed E-state index contributed by atoms with van der Waals surface area (Å²) in [6.45, 7) is 4.57. The third kappa shape index (κ3) is 6.68. The highest BCUT2D eigenvalue weighted by molar-refractivity contribution is 7.11. The molecule has 1 aromatic carbocycles. The maximum absolute atomic E-state index is 13.1. The number of urea groups is 1. The fraction of sp³-hybridized carbons (Fsp3) is 0.421. The van der Waals surface area contributed by atoms with Crippen LogP contribution < -0.4 is 26.4 Å². The average Bonchev–Trinajstić information content (AvgIpc) is 3.12. The van der Waals surface area contributed by atoms with Crippen molar-refractivity contribution in [1.29, 1.82) is 0 Å². The number of rotatable bonds is 11. The predicted molar refractivity (Wildman–Crippen MR) is 111 cm³/mol. The number of carbonyl (C=O) groups is 2. The number of nitrogens with one attached hydrogen (secondary N) is 3. The summed E-state index contributed by atoms with van der Waals surface area (Å²) >= 11 is 0.888. The van der Waals surface area contributed by atoms with Crippen molar-refractivity contribution < 1.29 is 18.7 Å². The van der Waals surface area contributed by atoms with E-state index in [-0.39, 0.29) is 23.1 Å². The van der Waals surface area contributed by atoms with Gasteiger partial charge in [-0.1, -0.05) is 31.2 Å². The van der Waals surface area contributed by atoms with Gasteiger partial charge in [0.05, 0.1) is 0 Å². The van der Waals surface area contributed by atoms with E-state index in [0.717, 1.165) is 18.0 Å². The zero-order valence-corrected chi connectivity index (χ0v) is 17.3. The quantitative estimate of drug-likeness (QED) is 0.415. The molecular weight excluding hydrogens is 397 g/mol. The van der Waals surface area contributed by atoms with E-state index in [1.54, 1.807) is 24.3 Å². The molecule has 5 N–H and O–H groups in total. The van der Waals surface area contributed by atoms with E-state index in [1.165, 1.54) is 0 Å². The monoisotopic (exact) mass is 423 g/mol. The Balaban J connectivity index is 1.97. The first-order valence-corrected chi connectivity index (χ1v) is 10.1. The van der Waals surface area contributed by atoms with Gasteiger partial charge in [-0.15, -0.1) is 0 Å². The fourth-order valence-electron chi connectivity index (χ4n) is 2.44. The zero-order valence-electron chi connectivity index (χ0n) is 16.5. The van der Waals surface area contributed by atoms with Gasteiger partial charge in [0, 0.05) is 19.1 Å². The van der Waals surface area contributed by atoms with Crippen LogP contribution in [0.1, 0.15) is 41.8 Å². The lowest BCUT2D eigenvalue weighted by Crippen LogP contribution is -2.37. The van der Waals surface area contributed by atoms with Gasteiger partial charge < -0.3 is 21.1 Å². The van der Waals surface area contributed by atoms with Crippen molar-refractivity contribution >= 4 is 28.5 Å². The third-order valence-corrected chi connectivity index (χ3v) is 5.02. The van der Waals surface area contributed by atoms with Gasteiger partial charge >= 0.3 is 6.03 Å². The molecule has 3 amide bonds. The number of amides is 3. The van der Waals surface area contributed by atoms with Gasteiger partial charge in [0.1, 0.15) is 23.8 Å². The van der Waals surface area contributed by atoms with E-state index in [2.05, 4.69) is 34.2 Å². The normalized spacial score (nSPS) is 11.7. The third-order valence-electron chi connectivity index (χ3n) is 4.28. The molecule has 158 valence electrons. The van der Waals surface area contributed by atoms with Crippen LogP contribution in [0.5, 0.6) is 5.88 Å². The molecule has 29 heavy (non-hydrogen) atoms. The van der Waals surface area contributed by atoms with Crippen molar-refractivity contribution in [2.45, 2.75) is 39.6 Å². The maximum atomic E-state index is 13.1. The first-order valence-electron chi connectivity index (χ1n) is 9.29. The molecule has 1 unspecified atom stereocenters.